The second kappa shape index (κ2) is 5.30. The first-order chi connectivity index (χ1) is 9.76. The molecule has 0 aromatic carbocycles. The zero-order valence-corrected chi connectivity index (χ0v) is 12.2. The second-order valence-corrected chi connectivity index (χ2v) is 7.35. The molecular weight excluding hydrogens is 252 g/mol. The van der Waals surface area contributed by atoms with Crippen molar-refractivity contribution in [1.29, 1.82) is 0 Å². The van der Waals surface area contributed by atoms with Crippen molar-refractivity contribution in [3.63, 3.8) is 0 Å². The fourth-order valence-corrected chi connectivity index (χ4v) is 3.94. The molecule has 2 saturated heterocycles. The van der Waals surface area contributed by atoms with Crippen molar-refractivity contribution in [2.24, 2.45) is 11.8 Å². The van der Waals surface area contributed by atoms with Crippen molar-refractivity contribution < 1.29 is 9.53 Å². The van der Waals surface area contributed by atoms with Crippen LogP contribution in [0.25, 0.3) is 0 Å². The molecule has 0 unspecified atom stereocenters. The Hall–Kier alpha value is -0.610. The molecule has 2 saturated carbocycles. The van der Waals surface area contributed by atoms with Crippen LogP contribution >= 0.6 is 0 Å². The van der Waals surface area contributed by atoms with E-state index in [0.717, 1.165) is 18.9 Å². The summed E-state index contributed by atoms with van der Waals surface area (Å²) >= 11 is 0. The summed E-state index contributed by atoms with van der Waals surface area (Å²) in [5, 5.41) is 3.12. The molecule has 112 valence electrons. The molecular formula is C16H26N2O2. The highest BCUT2D eigenvalue weighted by atomic mass is 16.5. The first-order valence-corrected chi connectivity index (χ1v) is 8.43. The van der Waals surface area contributed by atoms with E-state index in [2.05, 4.69) is 10.2 Å². The first-order valence-electron chi connectivity index (χ1n) is 8.43. The molecule has 0 spiro atoms. The van der Waals surface area contributed by atoms with Gasteiger partial charge in [-0.2, -0.15) is 0 Å². The van der Waals surface area contributed by atoms with Gasteiger partial charge in [0, 0.05) is 31.6 Å². The van der Waals surface area contributed by atoms with Crippen LogP contribution in [0.15, 0.2) is 0 Å². The standard InChI is InChI=1S/C16H26N2O2/c19-16(17-13-2-1-3-13)7-14-6-12-9-18(8-11-4-5-11)10-15(12)20-14/h11-15H,1-10H2,(H,17,19)/t12-,14+,15+/m0/s1. The second-order valence-electron chi connectivity index (χ2n) is 7.35. The number of nitrogens with zero attached hydrogens (tertiary/aromatic N) is 1. The summed E-state index contributed by atoms with van der Waals surface area (Å²) in [6, 6.07) is 0.456. The Morgan fingerprint density at radius 3 is 2.70 bits per heavy atom. The van der Waals surface area contributed by atoms with Crippen LogP contribution in [0.1, 0.15) is 44.9 Å². The molecule has 0 aromatic heterocycles. The smallest absolute Gasteiger partial charge is 0.222 e. The van der Waals surface area contributed by atoms with Crippen molar-refractivity contribution in [1.82, 2.24) is 10.2 Å². The zero-order chi connectivity index (χ0) is 13.5. The maximum atomic E-state index is 11.9. The van der Waals surface area contributed by atoms with E-state index < -0.39 is 0 Å². The molecule has 2 aliphatic heterocycles. The third-order valence-corrected chi connectivity index (χ3v) is 5.49. The lowest BCUT2D eigenvalue weighted by atomic mass is 9.93. The van der Waals surface area contributed by atoms with Gasteiger partial charge in [-0.1, -0.05) is 0 Å². The minimum Gasteiger partial charge on any atom is -0.373 e. The molecule has 20 heavy (non-hydrogen) atoms. The van der Waals surface area contributed by atoms with E-state index in [9.17, 15) is 4.79 Å². The van der Waals surface area contributed by atoms with Crippen molar-refractivity contribution in [3.8, 4) is 0 Å². The van der Waals surface area contributed by atoms with Gasteiger partial charge in [-0.25, -0.2) is 0 Å². The lowest BCUT2D eigenvalue weighted by Gasteiger charge is -2.27. The average Bonchev–Trinajstić information content (AvgIpc) is 2.96. The monoisotopic (exact) mass is 278 g/mol. The molecule has 4 rings (SSSR count). The number of carbonyl (C=O) groups is 1. The number of hydrogen-bond acceptors (Lipinski definition) is 3. The number of nitrogens with one attached hydrogen (secondary N) is 1. The number of fused-ring (bicyclic) bond motifs is 1. The van der Waals surface area contributed by atoms with E-state index in [1.807, 2.05) is 0 Å². The van der Waals surface area contributed by atoms with Gasteiger partial charge in [-0.3, -0.25) is 4.79 Å². The Labute approximate surface area is 121 Å². The zero-order valence-electron chi connectivity index (χ0n) is 12.2. The Balaban J connectivity index is 1.20. The van der Waals surface area contributed by atoms with E-state index in [-0.39, 0.29) is 12.0 Å². The van der Waals surface area contributed by atoms with E-state index in [1.54, 1.807) is 0 Å². The maximum Gasteiger partial charge on any atom is 0.222 e. The van der Waals surface area contributed by atoms with Crippen LogP contribution in [0, 0.1) is 11.8 Å². The van der Waals surface area contributed by atoms with E-state index >= 15 is 0 Å². The Morgan fingerprint density at radius 2 is 2.05 bits per heavy atom. The maximum absolute atomic E-state index is 11.9. The van der Waals surface area contributed by atoms with Gasteiger partial charge in [0.25, 0.3) is 0 Å². The summed E-state index contributed by atoms with van der Waals surface area (Å²) in [4.78, 5) is 14.5. The highest BCUT2D eigenvalue weighted by Gasteiger charge is 2.43. The molecule has 2 heterocycles. The topological polar surface area (TPSA) is 41.6 Å². The fourth-order valence-electron chi connectivity index (χ4n) is 3.94. The SMILES string of the molecule is O=C(C[C@H]1C[C@H]2CN(CC3CC3)C[C@H]2O1)NC1CCC1. The van der Waals surface area contributed by atoms with Gasteiger partial charge in [0.05, 0.1) is 18.6 Å². The van der Waals surface area contributed by atoms with Crippen molar-refractivity contribution in [2.45, 2.75) is 63.2 Å². The Morgan fingerprint density at radius 1 is 1.20 bits per heavy atom. The first kappa shape index (κ1) is 13.1. The molecule has 0 bridgehead atoms. The van der Waals surface area contributed by atoms with Crippen LogP contribution in [0.3, 0.4) is 0 Å². The molecule has 4 aliphatic rings. The lowest BCUT2D eigenvalue weighted by Crippen LogP contribution is -2.40. The number of likely N-dealkylation sites (tertiary alicyclic amines) is 1. The van der Waals surface area contributed by atoms with E-state index in [1.165, 1.54) is 45.2 Å². The van der Waals surface area contributed by atoms with Gasteiger partial charge < -0.3 is 15.0 Å². The third kappa shape index (κ3) is 2.86. The van der Waals surface area contributed by atoms with Gasteiger partial charge >= 0.3 is 0 Å². The summed E-state index contributed by atoms with van der Waals surface area (Å²) in [6.45, 7) is 3.58. The molecule has 4 heteroatoms. The van der Waals surface area contributed by atoms with Crippen molar-refractivity contribution >= 4 is 5.91 Å². The number of hydrogen-bond donors (Lipinski definition) is 1. The fraction of sp³-hybridized carbons (Fsp3) is 0.938. The Kier molecular flexibility index (Phi) is 3.47. The summed E-state index contributed by atoms with van der Waals surface area (Å²) in [5.74, 6) is 1.85. The number of amides is 1. The van der Waals surface area contributed by atoms with E-state index in [0.29, 0.717) is 24.5 Å². The van der Waals surface area contributed by atoms with Gasteiger partial charge in [0.2, 0.25) is 5.91 Å². The summed E-state index contributed by atoms with van der Waals surface area (Å²) in [6.07, 6.45) is 8.69. The van der Waals surface area contributed by atoms with Gasteiger partial charge in [0.15, 0.2) is 0 Å². The van der Waals surface area contributed by atoms with Crippen LogP contribution < -0.4 is 5.32 Å². The van der Waals surface area contributed by atoms with Crippen molar-refractivity contribution in [3.05, 3.63) is 0 Å². The number of rotatable bonds is 5. The van der Waals surface area contributed by atoms with Crippen LogP contribution in [-0.2, 0) is 9.53 Å². The molecule has 0 radical (unpaired) electrons. The number of ether oxygens (including phenoxy) is 1. The number of carbonyl (C=O) groups excluding carboxylic acids is 1. The average molecular weight is 278 g/mol. The molecule has 0 aromatic rings. The summed E-state index contributed by atoms with van der Waals surface area (Å²) in [7, 11) is 0. The predicted octanol–water partition coefficient (Wildman–Crippen LogP) is 1.54. The van der Waals surface area contributed by atoms with Gasteiger partial charge in [-0.15, -0.1) is 0 Å². The van der Waals surface area contributed by atoms with Crippen LogP contribution in [0.2, 0.25) is 0 Å². The minimum absolute atomic E-state index is 0.174. The van der Waals surface area contributed by atoms with E-state index in [4.69, 9.17) is 4.74 Å². The molecule has 1 amide bonds. The normalized spacial score (nSPS) is 37.7. The molecule has 4 fully saturated rings. The minimum atomic E-state index is 0.174. The highest BCUT2D eigenvalue weighted by molar-refractivity contribution is 5.76. The van der Waals surface area contributed by atoms with Crippen LogP contribution in [0.5, 0.6) is 0 Å². The molecule has 4 nitrogen and oxygen atoms in total. The molecule has 1 N–H and O–H groups in total. The van der Waals surface area contributed by atoms with Gasteiger partial charge in [0.1, 0.15) is 0 Å². The lowest BCUT2D eigenvalue weighted by molar-refractivity contribution is -0.125. The van der Waals surface area contributed by atoms with Crippen LogP contribution in [0.4, 0.5) is 0 Å². The van der Waals surface area contributed by atoms with Crippen molar-refractivity contribution in [2.75, 3.05) is 19.6 Å². The predicted molar refractivity (Wildman–Crippen MR) is 76.3 cm³/mol. The molecule has 2 aliphatic carbocycles. The summed E-state index contributed by atoms with van der Waals surface area (Å²) in [5.41, 5.74) is 0. The third-order valence-electron chi connectivity index (χ3n) is 5.49. The highest BCUT2D eigenvalue weighted by Crippen LogP contribution is 2.37. The quantitative estimate of drug-likeness (QED) is 0.829. The van der Waals surface area contributed by atoms with Crippen LogP contribution in [-0.4, -0.2) is 48.7 Å². The molecule has 3 atom stereocenters. The van der Waals surface area contributed by atoms with Gasteiger partial charge in [-0.05, 0) is 44.4 Å². The Bertz CT molecular complexity index is 365. The largest absolute Gasteiger partial charge is 0.373 e. The summed E-state index contributed by atoms with van der Waals surface area (Å²) < 4.78 is 6.12.